The van der Waals surface area contributed by atoms with Crippen molar-refractivity contribution in [2.75, 3.05) is 25.2 Å². The van der Waals surface area contributed by atoms with Crippen LogP contribution in [0.4, 0.5) is 40.8 Å². The maximum atomic E-state index is 13.3. The fourth-order valence-electron chi connectivity index (χ4n) is 3.44. The first kappa shape index (κ1) is 30.3. The monoisotopic (exact) mass is 596 g/mol. The lowest BCUT2D eigenvalue weighted by molar-refractivity contribution is -0.185. The summed E-state index contributed by atoms with van der Waals surface area (Å²) in [4.78, 5) is 13.7. The van der Waals surface area contributed by atoms with E-state index in [0.717, 1.165) is 23.1 Å². The van der Waals surface area contributed by atoms with E-state index in [-0.39, 0.29) is 28.8 Å². The Kier molecular flexibility index (Phi) is 9.79. The Morgan fingerprint density at radius 2 is 1.75 bits per heavy atom. The molecule has 1 heterocycles. The van der Waals surface area contributed by atoms with E-state index in [0.29, 0.717) is 6.92 Å². The number of nitrogens with zero attached hydrogens (tertiary/aromatic N) is 1. The van der Waals surface area contributed by atoms with E-state index < -0.39 is 61.1 Å². The molecule has 1 aromatic rings. The van der Waals surface area contributed by atoms with Gasteiger partial charge in [0.1, 0.15) is 18.6 Å². The lowest BCUT2D eigenvalue weighted by Gasteiger charge is -2.35. The third-order valence-electron chi connectivity index (χ3n) is 5.35. The molecule has 0 aromatic heterocycles. The van der Waals surface area contributed by atoms with Gasteiger partial charge in [-0.2, -0.15) is 26.3 Å². The number of amides is 1. The Morgan fingerprint density at radius 3 is 2.31 bits per heavy atom. The van der Waals surface area contributed by atoms with Gasteiger partial charge in [0.15, 0.2) is 6.61 Å². The third-order valence-corrected chi connectivity index (χ3v) is 6.04. The van der Waals surface area contributed by atoms with E-state index in [9.17, 15) is 39.9 Å². The molecule has 3 unspecified atom stereocenters. The smallest absolute Gasteiger partial charge is 0.417 e. The van der Waals surface area contributed by atoms with Crippen molar-refractivity contribution in [1.82, 2.24) is 5.32 Å². The predicted molar refractivity (Wildman–Crippen MR) is 118 cm³/mol. The van der Waals surface area contributed by atoms with E-state index in [2.05, 4.69) is 21.2 Å². The van der Waals surface area contributed by atoms with Crippen LogP contribution in [0.15, 0.2) is 34.5 Å². The summed E-state index contributed by atoms with van der Waals surface area (Å²) < 4.78 is 114. The molecule has 3 atom stereocenters. The van der Waals surface area contributed by atoms with E-state index in [1.54, 1.807) is 6.92 Å². The molecule has 1 amide bonds. The van der Waals surface area contributed by atoms with Crippen molar-refractivity contribution in [3.05, 3.63) is 40.1 Å². The van der Waals surface area contributed by atoms with Crippen molar-refractivity contribution >= 4 is 27.5 Å². The number of rotatable bonds is 9. The van der Waals surface area contributed by atoms with Crippen LogP contribution < -0.4 is 10.2 Å². The molecule has 2 rings (SSSR count). The lowest BCUT2D eigenvalue weighted by atomic mass is 9.91. The van der Waals surface area contributed by atoms with Gasteiger partial charge in [0.2, 0.25) is 5.91 Å². The van der Waals surface area contributed by atoms with Crippen molar-refractivity contribution in [3.8, 4) is 0 Å². The number of halogens is 9. The minimum Gasteiger partial charge on any atom is -0.492 e. The maximum absolute atomic E-state index is 13.3. The number of anilines is 1. The molecule has 0 saturated heterocycles. The lowest BCUT2D eigenvalue weighted by Crippen LogP contribution is -2.49. The van der Waals surface area contributed by atoms with Crippen LogP contribution in [0.2, 0.25) is 0 Å². The second-order valence-electron chi connectivity index (χ2n) is 8.49. The van der Waals surface area contributed by atoms with Gasteiger partial charge >= 0.3 is 12.4 Å². The molecule has 0 saturated carbocycles. The van der Waals surface area contributed by atoms with Crippen molar-refractivity contribution in [2.45, 2.75) is 57.2 Å². The van der Waals surface area contributed by atoms with E-state index >= 15 is 0 Å². The second kappa shape index (κ2) is 11.6. The first-order chi connectivity index (χ1) is 16.4. The van der Waals surface area contributed by atoms with Gasteiger partial charge in [0.25, 0.3) is 5.92 Å². The van der Waals surface area contributed by atoms with Crippen molar-refractivity contribution in [2.24, 2.45) is 5.92 Å². The highest BCUT2D eigenvalue weighted by Crippen LogP contribution is 2.37. The average Bonchev–Trinajstić information content (AvgIpc) is 2.74. The summed E-state index contributed by atoms with van der Waals surface area (Å²) >= 11 is 2.82. The van der Waals surface area contributed by atoms with E-state index in [1.165, 1.54) is 13.1 Å². The van der Waals surface area contributed by atoms with Gasteiger partial charge in [-0.05, 0) is 30.7 Å². The summed E-state index contributed by atoms with van der Waals surface area (Å²) in [6.45, 7) is -0.411. The van der Waals surface area contributed by atoms with E-state index in [1.807, 2.05) is 0 Å². The first-order valence-corrected chi connectivity index (χ1v) is 11.5. The first-order valence-electron chi connectivity index (χ1n) is 10.7. The van der Waals surface area contributed by atoms with E-state index in [4.69, 9.17) is 9.47 Å². The molecule has 14 heteroatoms. The van der Waals surface area contributed by atoms with Crippen LogP contribution >= 0.6 is 15.9 Å². The van der Waals surface area contributed by atoms with Crippen LogP contribution in [0.5, 0.6) is 0 Å². The van der Waals surface area contributed by atoms with Gasteiger partial charge in [-0.25, -0.2) is 8.78 Å². The minimum atomic E-state index is -4.65. The molecule has 1 aliphatic heterocycles. The molecule has 0 bridgehead atoms. The third kappa shape index (κ3) is 9.18. The number of nitrogens with one attached hydrogen (secondary N) is 1. The molecule has 0 aliphatic carbocycles. The quantitative estimate of drug-likeness (QED) is 0.341. The SMILES string of the molecule is CC1C(OCC(C)(F)F)=CC(OCC(F)(F)F)NC1CCC(=O)N(C)c1ccc(Br)c(C(F)(F)F)c1. The van der Waals surface area contributed by atoms with Gasteiger partial charge < -0.3 is 14.4 Å². The normalized spacial score (nSPS) is 21.2. The Hall–Kier alpha value is -1.93. The number of hydrogen-bond acceptors (Lipinski definition) is 4. The Labute approximate surface area is 210 Å². The summed E-state index contributed by atoms with van der Waals surface area (Å²) in [6, 6.07) is 2.58. The molecular weight excluding hydrogens is 572 g/mol. The number of ether oxygens (including phenoxy) is 2. The van der Waals surface area contributed by atoms with Crippen LogP contribution in [-0.4, -0.2) is 50.5 Å². The Bertz CT molecular complexity index is 947. The summed E-state index contributed by atoms with van der Waals surface area (Å²) in [5.41, 5.74) is -0.979. The topological polar surface area (TPSA) is 50.8 Å². The number of benzene rings is 1. The number of carbonyl (C=O) groups excluding carboxylic acids is 1. The molecule has 5 nitrogen and oxygen atoms in total. The van der Waals surface area contributed by atoms with Crippen molar-refractivity contribution < 1.29 is 49.4 Å². The highest BCUT2D eigenvalue weighted by Gasteiger charge is 2.36. The molecule has 36 heavy (non-hydrogen) atoms. The maximum Gasteiger partial charge on any atom is 0.417 e. The molecular formula is C22H25BrF8N2O3. The largest absolute Gasteiger partial charge is 0.492 e. The zero-order valence-corrected chi connectivity index (χ0v) is 21.0. The molecule has 204 valence electrons. The molecule has 0 radical (unpaired) electrons. The molecule has 0 spiro atoms. The highest BCUT2D eigenvalue weighted by molar-refractivity contribution is 9.10. The van der Waals surface area contributed by atoms with Crippen LogP contribution in [0.3, 0.4) is 0 Å². The summed E-state index contributed by atoms with van der Waals surface area (Å²) in [5.74, 6) is -4.39. The van der Waals surface area contributed by atoms with Crippen LogP contribution in [-0.2, 0) is 20.4 Å². The fourth-order valence-corrected chi connectivity index (χ4v) is 3.91. The number of carbonyl (C=O) groups is 1. The fraction of sp³-hybridized carbons (Fsp3) is 0.591. The summed E-state index contributed by atoms with van der Waals surface area (Å²) in [6.07, 6.45) is -9.66. The standard InChI is InChI=1S/C22H25BrF8N2O3/c1-12-16(32-18(36-11-21(26,27)28)9-17(12)35-10-20(2,24)25)6-7-19(34)33(3)13-4-5-15(23)14(8-13)22(29,30)31/h4-5,8-9,12,16,18,32H,6-7,10-11H2,1-3H3. The van der Waals surface area contributed by atoms with Crippen LogP contribution in [0.1, 0.15) is 32.3 Å². The van der Waals surface area contributed by atoms with Gasteiger partial charge in [-0.3, -0.25) is 10.1 Å². The predicted octanol–water partition coefficient (Wildman–Crippen LogP) is 6.28. The average molecular weight is 597 g/mol. The van der Waals surface area contributed by atoms with Gasteiger partial charge in [-0.15, -0.1) is 0 Å². The van der Waals surface area contributed by atoms with Gasteiger partial charge in [0, 0.05) is 42.5 Å². The minimum absolute atomic E-state index is 0.0133. The second-order valence-corrected chi connectivity index (χ2v) is 9.34. The van der Waals surface area contributed by atoms with Crippen molar-refractivity contribution in [3.63, 3.8) is 0 Å². The highest BCUT2D eigenvalue weighted by atomic mass is 79.9. The van der Waals surface area contributed by atoms with Crippen molar-refractivity contribution in [1.29, 1.82) is 0 Å². The Morgan fingerprint density at radius 1 is 1.11 bits per heavy atom. The summed E-state index contributed by atoms with van der Waals surface area (Å²) in [5, 5.41) is 2.78. The van der Waals surface area contributed by atoms with Crippen LogP contribution in [0.25, 0.3) is 0 Å². The van der Waals surface area contributed by atoms with Gasteiger partial charge in [-0.1, -0.05) is 22.9 Å². The van der Waals surface area contributed by atoms with Gasteiger partial charge in [0.05, 0.1) is 5.56 Å². The zero-order valence-electron chi connectivity index (χ0n) is 19.4. The summed E-state index contributed by atoms with van der Waals surface area (Å²) in [7, 11) is 1.29. The zero-order chi connectivity index (χ0) is 27.5. The molecule has 1 aliphatic rings. The molecule has 1 aromatic carbocycles. The van der Waals surface area contributed by atoms with Crippen LogP contribution in [0, 0.1) is 5.92 Å². The Balaban J connectivity index is 2.12. The number of hydrogen-bond donors (Lipinski definition) is 1. The number of alkyl halides is 8. The molecule has 0 fully saturated rings. The molecule has 1 N–H and O–H groups in total.